The summed E-state index contributed by atoms with van der Waals surface area (Å²) in [5, 5.41) is 6.81. The predicted octanol–water partition coefficient (Wildman–Crippen LogP) is 6.54. The lowest BCUT2D eigenvalue weighted by atomic mass is 9.73. The molecule has 0 aromatic heterocycles. The van der Waals surface area contributed by atoms with Crippen molar-refractivity contribution in [3.63, 3.8) is 0 Å². The van der Waals surface area contributed by atoms with Crippen LogP contribution in [0.4, 0.5) is 24.5 Å². The van der Waals surface area contributed by atoms with Gasteiger partial charge in [0, 0.05) is 17.7 Å². The van der Waals surface area contributed by atoms with Crippen molar-refractivity contribution in [3.05, 3.63) is 69.9 Å². The highest BCUT2D eigenvalue weighted by molar-refractivity contribution is 6.01. The minimum Gasteiger partial charge on any atom is -0.372 e. The molecule has 0 saturated carbocycles. The first kappa shape index (κ1) is 20.5. The van der Waals surface area contributed by atoms with E-state index in [0.29, 0.717) is 24.0 Å². The molecule has 0 spiro atoms. The Morgan fingerprint density at radius 1 is 1.00 bits per heavy atom. The smallest absolute Gasteiger partial charge is 0.372 e. The molecule has 0 radical (unpaired) electrons. The van der Waals surface area contributed by atoms with Gasteiger partial charge in [-0.25, -0.2) is 0 Å². The van der Waals surface area contributed by atoms with Crippen molar-refractivity contribution in [2.45, 2.75) is 52.8 Å². The molecular weight excluding hydrogens is 389 g/mol. The molecule has 6 heteroatoms. The summed E-state index contributed by atoms with van der Waals surface area (Å²) in [4.78, 5) is 13.2. The Bertz CT molecular complexity index is 1070. The number of alkyl halides is 3. The van der Waals surface area contributed by atoms with E-state index in [9.17, 15) is 18.0 Å². The zero-order valence-corrected chi connectivity index (χ0v) is 17.5. The van der Waals surface area contributed by atoms with Crippen molar-refractivity contribution in [1.29, 1.82) is 0 Å². The zero-order chi connectivity index (χ0) is 21.8. The Hall–Kier alpha value is -2.76. The number of allylic oxidation sites excluding steroid dienone is 1. The van der Waals surface area contributed by atoms with Crippen molar-refractivity contribution in [2.75, 3.05) is 10.6 Å². The molecule has 0 unspecified atom stereocenters. The largest absolute Gasteiger partial charge is 0.416 e. The number of fused-ring (bicyclic) bond motifs is 1. The van der Waals surface area contributed by atoms with Crippen LogP contribution in [0.5, 0.6) is 0 Å². The van der Waals surface area contributed by atoms with Gasteiger partial charge in [-0.15, -0.1) is 0 Å². The van der Waals surface area contributed by atoms with E-state index < -0.39 is 17.8 Å². The van der Waals surface area contributed by atoms with Crippen LogP contribution >= 0.6 is 0 Å². The topological polar surface area (TPSA) is 41.1 Å². The van der Waals surface area contributed by atoms with Gasteiger partial charge in [-0.3, -0.25) is 4.79 Å². The van der Waals surface area contributed by atoms with Gasteiger partial charge in [0.25, 0.3) is 0 Å². The van der Waals surface area contributed by atoms with Crippen LogP contribution in [0.2, 0.25) is 0 Å². The van der Waals surface area contributed by atoms with Gasteiger partial charge in [0.05, 0.1) is 23.0 Å². The molecule has 1 aliphatic carbocycles. The van der Waals surface area contributed by atoms with Gasteiger partial charge in [0.2, 0.25) is 0 Å². The number of aryl methyl sites for hydroxylation is 2. The Morgan fingerprint density at radius 3 is 2.33 bits per heavy atom. The first-order valence-electron chi connectivity index (χ1n) is 10.0. The molecular formula is C24H25F3N2O. The number of rotatable bonds is 1. The summed E-state index contributed by atoms with van der Waals surface area (Å²) in [5.74, 6) is -0.0371. The van der Waals surface area contributed by atoms with E-state index in [1.165, 1.54) is 6.07 Å². The average molecular weight is 414 g/mol. The van der Waals surface area contributed by atoms with Crippen molar-refractivity contribution in [3.8, 4) is 0 Å². The van der Waals surface area contributed by atoms with E-state index in [4.69, 9.17) is 0 Å². The minimum absolute atomic E-state index is 0.0371. The fraction of sp³-hybridized carbons (Fsp3) is 0.375. The van der Waals surface area contributed by atoms with Crippen LogP contribution in [0.1, 0.15) is 55.0 Å². The Kier molecular flexibility index (Phi) is 4.71. The first-order chi connectivity index (χ1) is 13.9. The molecule has 30 heavy (non-hydrogen) atoms. The normalized spacial score (nSPS) is 20.6. The lowest BCUT2D eigenvalue weighted by Crippen LogP contribution is -2.31. The SMILES string of the molecule is Cc1cc2c(cc1C)N[C@H](c1cccc(C(F)(F)F)c1)C1=C(CC(C)(C)CC1=O)N2. The van der Waals surface area contributed by atoms with Crippen molar-refractivity contribution >= 4 is 17.2 Å². The fourth-order valence-corrected chi connectivity index (χ4v) is 4.35. The molecule has 2 N–H and O–H groups in total. The van der Waals surface area contributed by atoms with Crippen molar-refractivity contribution in [2.24, 2.45) is 5.41 Å². The van der Waals surface area contributed by atoms with Gasteiger partial charge >= 0.3 is 6.18 Å². The van der Waals surface area contributed by atoms with Gasteiger partial charge in [-0.2, -0.15) is 13.2 Å². The van der Waals surface area contributed by atoms with Crippen LogP contribution in [-0.4, -0.2) is 5.78 Å². The molecule has 2 aromatic carbocycles. The third kappa shape index (κ3) is 3.71. The van der Waals surface area contributed by atoms with Crippen LogP contribution < -0.4 is 10.6 Å². The highest BCUT2D eigenvalue weighted by atomic mass is 19.4. The zero-order valence-electron chi connectivity index (χ0n) is 17.5. The second kappa shape index (κ2) is 6.89. The number of ketones is 1. The Labute approximate surface area is 174 Å². The summed E-state index contributed by atoms with van der Waals surface area (Å²) >= 11 is 0. The summed E-state index contributed by atoms with van der Waals surface area (Å²) in [5.41, 5.74) is 4.59. The predicted molar refractivity (Wildman–Crippen MR) is 112 cm³/mol. The summed E-state index contributed by atoms with van der Waals surface area (Å²) in [6.45, 7) is 8.07. The van der Waals surface area contributed by atoms with E-state index in [2.05, 4.69) is 10.6 Å². The van der Waals surface area contributed by atoms with Gasteiger partial charge < -0.3 is 10.6 Å². The maximum atomic E-state index is 13.4. The van der Waals surface area contributed by atoms with Crippen molar-refractivity contribution < 1.29 is 18.0 Å². The fourth-order valence-electron chi connectivity index (χ4n) is 4.35. The third-order valence-electron chi connectivity index (χ3n) is 5.98. The van der Waals surface area contributed by atoms with E-state index >= 15 is 0 Å². The van der Waals surface area contributed by atoms with Crippen LogP contribution in [0.15, 0.2) is 47.7 Å². The first-order valence-corrected chi connectivity index (χ1v) is 10.0. The van der Waals surface area contributed by atoms with E-state index in [0.717, 1.165) is 40.3 Å². The van der Waals surface area contributed by atoms with E-state index in [1.807, 2.05) is 39.8 Å². The number of halogens is 3. The van der Waals surface area contributed by atoms with Gasteiger partial charge in [0.15, 0.2) is 5.78 Å². The maximum absolute atomic E-state index is 13.4. The van der Waals surface area contributed by atoms with Crippen LogP contribution in [0.3, 0.4) is 0 Å². The molecule has 4 rings (SSSR count). The maximum Gasteiger partial charge on any atom is 0.416 e. The quantitative estimate of drug-likeness (QED) is 0.556. The summed E-state index contributed by atoms with van der Waals surface area (Å²) in [6, 6.07) is 8.59. The van der Waals surface area contributed by atoms with Crippen molar-refractivity contribution in [1.82, 2.24) is 0 Å². The second-order valence-corrected chi connectivity index (χ2v) is 9.14. The summed E-state index contributed by atoms with van der Waals surface area (Å²) in [6.07, 6.45) is -3.43. The molecule has 1 atom stereocenters. The van der Waals surface area contributed by atoms with Gasteiger partial charge in [0.1, 0.15) is 0 Å². The molecule has 3 nitrogen and oxygen atoms in total. The minimum atomic E-state index is -4.44. The molecule has 0 fully saturated rings. The van der Waals surface area contributed by atoms with Crippen LogP contribution in [0, 0.1) is 19.3 Å². The standard InChI is InChI=1S/C24H25F3N2O/c1-13-8-17-18(9-14(13)2)29-22(15-6-5-7-16(10-15)24(25,26)27)21-19(28-17)11-23(3,4)12-20(21)30/h5-10,22,28-29H,11-12H2,1-4H3/t22-/m1/s1. The molecule has 158 valence electrons. The Morgan fingerprint density at radius 2 is 1.67 bits per heavy atom. The summed E-state index contributed by atoms with van der Waals surface area (Å²) < 4.78 is 40.1. The molecule has 0 bridgehead atoms. The molecule has 0 amide bonds. The second-order valence-electron chi connectivity index (χ2n) is 9.14. The number of anilines is 2. The lowest BCUT2D eigenvalue weighted by Gasteiger charge is -2.34. The lowest BCUT2D eigenvalue weighted by molar-refractivity contribution is -0.137. The number of hydrogen-bond donors (Lipinski definition) is 2. The molecule has 0 saturated heterocycles. The summed E-state index contributed by atoms with van der Waals surface area (Å²) in [7, 11) is 0. The monoisotopic (exact) mass is 414 g/mol. The molecule has 2 aromatic rings. The average Bonchev–Trinajstić information content (AvgIpc) is 2.77. The van der Waals surface area contributed by atoms with Crippen LogP contribution in [0.25, 0.3) is 0 Å². The molecule has 1 aliphatic heterocycles. The highest BCUT2D eigenvalue weighted by Gasteiger charge is 2.39. The van der Waals surface area contributed by atoms with E-state index in [-0.39, 0.29) is 11.2 Å². The number of hydrogen-bond acceptors (Lipinski definition) is 3. The molecule has 2 aliphatic rings. The number of nitrogens with one attached hydrogen (secondary N) is 2. The van der Waals surface area contributed by atoms with Gasteiger partial charge in [-0.05, 0) is 66.6 Å². The number of Topliss-reactive ketones (excluding diaryl/α,β-unsaturated/α-hetero) is 1. The number of benzene rings is 2. The Balaban J connectivity index is 1.91. The third-order valence-corrected chi connectivity index (χ3v) is 5.98. The number of carbonyl (C=O) groups excluding carboxylic acids is 1. The highest BCUT2D eigenvalue weighted by Crippen LogP contribution is 2.46. The molecule has 1 heterocycles. The van der Waals surface area contributed by atoms with Gasteiger partial charge in [-0.1, -0.05) is 26.0 Å². The number of carbonyl (C=O) groups is 1. The van der Waals surface area contributed by atoms with E-state index in [1.54, 1.807) is 6.07 Å². The van der Waals surface area contributed by atoms with Crippen LogP contribution in [-0.2, 0) is 11.0 Å².